The van der Waals surface area contributed by atoms with Crippen LogP contribution in [0.4, 0.5) is 5.69 Å². The van der Waals surface area contributed by atoms with Crippen LogP contribution in [0.3, 0.4) is 0 Å². The number of nitrogens with one attached hydrogen (secondary N) is 1. The molecule has 4 nitrogen and oxygen atoms in total. The van der Waals surface area contributed by atoms with Crippen molar-refractivity contribution in [3.05, 3.63) is 22.7 Å². The highest BCUT2D eigenvalue weighted by molar-refractivity contribution is 6.34. The molecule has 0 saturated heterocycles. The van der Waals surface area contributed by atoms with Gasteiger partial charge >= 0.3 is 0 Å². The second kappa shape index (κ2) is 5.34. The quantitative estimate of drug-likeness (QED) is 0.864. The topological polar surface area (TPSA) is 55.4 Å². The van der Waals surface area contributed by atoms with Crippen LogP contribution in [0.25, 0.3) is 0 Å². The summed E-state index contributed by atoms with van der Waals surface area (Å²) < 4.78 is 5.39. The predicted octanol–water partition coefficient (Wildman–Crippen LogP) is 3.82. The fourth-order valence-corrected chi connectivity index (χ4v) is 3.60. The molecule has 1 aromatic carbocycles. The Balaban J connectivity index is 1.99. The van der Waals surface area contributed by atoms with E-state index in [1.54, 1.807) is 12.1 Å². The number of hydrogen-bond donors (Lipinski definition) is 1. The van der Waals surface area contributed by atoms with Crippen LogP contribution in [0.1, 0.15) is 49.4 Å². The summed E-state index contributed by atoms with van der Waals surface area (Å²) in [5.74, 6) is 0.417. The van der Waals surface area contributed by atoms with Crippen LogP contribution in [0.5, 0.6) is 5.75 Å². The lowest BCUT2D eigenvalue weighted by Gasteiger charge is -2.27. The number of ketones is 1. The van der Waals surface area contributed by atoms with E-state index in [4.69, 9.17) is 16.3 Å². The summed E-state index contributed by atoms with van der Waals surface area (Å²) in [7, 11) is 0. The summed E-state index contributed by atoms with van der Waals surface area (Å²) in [5.41, 5.74) is 0.760. The van der Waals surface area contributed by atoms with Gasteiger partial charge in [0, 0.05) is 11.0 Å². The van der Waals surface area contributed by atoms with E-state index in [2.05, 4.69) is 12.2 Å². The lowest BCUT2D eigenvalue weighted by Crippen LogP contribution is -2.29. The molecule has 1 heterocycles. The minimum Gasteiger partial charge on any atom is -0.482 e. The van der Waals surface area contributed by atoms with Crippen LogP contribution in [0.15, 0.2) is 12.1 Å². The Morgan fingerprint density at radius 3 is 2.76 bits per heavy atom. The van der Waals surface area contributed by atoms with Crippen molar-refractivity contribution in [1.29, 1.82) is 0 Å². The van der Waals surface area contributed by atoms with Crippen molar-refractivity contribution in [3.63, 3.8) is 0 Å². The molecule has 1 aliphatic heterocycles. The van der Waals surface area contributed by atoms with Gasteiger partial charge in [0.05, 0.1) is 10.7 Å². The molecular weight excluding hydrogens is 290 g/mol. The molecule has 0 atom stereocenters. The highest BCUT2D eigenvalue weighted by atomic mass is 35.5. The zero-order valence-electron chi connectivity index (χ0n) is 12.0. The van der Waals surface area contributed by atoms with Crippen molar-refractivity contribution >= 4 is 29.0 Å². The standard InChI is InChI=1S/C16H18ClNO3/c1-2-16(5-3-4-6-16)15(20)10-7-13-12(8-11(10)17)18-14(19)9-21-13/h7-8H,2-6,9H2,1H3,(H,18,19). The number of hydrogen-bond acceptors (Lipinski definition) is 3. The van der Waals surface area contributed by atoms with Crippen LogP contribution >= 0.6 is 11.6 Å². The molecule has 112 valence electrons. The molecule has 0 bridgehead atoms. The van der Waals surface area contributed by atoms with Crippen LogP contribution in [-0.2, 0) is 4.79 Å². The maximum atomic E-state index is 12.9. The molecule has 1 amide bonds. The lowest BCUT2D eigenvalue weighted by molar-refractivity contribution is -0.118. The number of rotatable bonds is 3. The van der Waals surface area contributed by atoms with Crippen molar-refractivity contribution in [1.82, 2.24) is 0 Å². The van der Waals surface area contributed by atoms with E-state index < -0.39 is 0 Å². The Kier molecular flexibility index (Phi) is 3.66. The van der Waals surface area contributed by atoms with Gasteiger partial charge in [-0.1, -0.05) is 31.4 Å². The summed E-state index contributed by atoms with van der Waals surface area (Å²) in [4.78, 5) is 24.3. The minimum atomic E-state index is -0.282. The molecule has 1 saturated carbocycles. The molecule has 1 N–H and O–H groups in total. The first-order valence-electron chi connectivity index (χ1n) is 7.37. The van der Waals surface area contributed by atoms with Crippen molar-refractivity contribution < 1.29 is 14.3 Å². The van der Waals surface area contributed by atoms with Crippen molar-refractivity contribution in [3.8, 4) is 5.75 Å². The normalized spacial score (nSPS) is 19.6. The fraction of sp³-hybridized carbons (Fsp3) is 0.500. The van der Waals surface area contributed by atoms with Gasteiger partial charge in [0.2, 0.25) is 0 Å². The molecule has 5 heteroatoms. The van der Waals surface area contributed by atoms with Gasteiger partial charge in [0.1, 0.15) is 5.75 Å². The summed E-state index contributed by atoms with van der Waals surface area (Å²) >= 11 is 6.27. The maximum absolute atomic E-state index is 12.9. The summed E-state index contributed by atoms with van der Waals surface area (Å²) in [6, 6.07) is 3.29. The van der Waals surface area contributed by atoms with Gasteiger partial charge < -0.3 is 10.1 Å². The molecule has 1 aromatic rings. The summed E-state index contributed by atoms with van der Waals surface area (Å²) in [6.45, 7) is 2.04. The second-order valence-corrected chi connectivity index (χ2v) is 6.24. The van der Waals surface area contributed by atoms with E-state index in [9.17, 15) is 9.59 Å². The SMILES string of the molecule is CCC1(C(=O)c2cc3c(cc2Cl)NC(=O)CO3)CCCC1. The van der Waals surface area contributed by atoms with E-state index in [1.165, 1.54) is 0 Å². The number of halogens is 1. The van der Waals surface area contributed by atoms with E-state index in [-0.39, 0.29) is 23.7 Å². The number of benzene rings is 1. The monoisotopic (exact) mass is 307 g/mol. The Hall–Kier alpha value is -1.55. The number of ether oxygens (including phenoxy) is 1. The number of fused-ring (bicyclic) bond motifs is 1. The third kappa shape index (κ3) is 2.42. The molecular formula is C16H18ClNO3. The first kappa shape index (κ1) is 14.4. The molecule has 3 rings (SSSR count). The Bertz CT molecular complexity index is 606. The number of carbonyl (C=O) groups is 2. The highest BCUT2D eigenvalue weighted by Gasteiger charge is 2.40. The Labute approximate surface area is 128 Å². The zero-order chi connectivity index (χ0) is 15.0. The molecule has 2 aliphatic rings. The molecule has 0 unspecified atom stereocenters. The van der Waals surface area contributed by atoms with Crippen LogP contribution in [0, 0.1) is 5.41 Å². The largest absolute Gasteiger partial charge is 0.482 e. The smallest absolute Gasteiger partial charge is 0.262 e. The molecule has 0 spiro atoms. The lowest BCUT2D eigenvalue weighted by atomic mass is 9.76. The maximum Gasteiger partial charge on any atom is 0.262 e. The van der Waals surface area contributed by atoms with Gasteiger partial charge in [-0.25, -0.2) is 0 Å². The average molecular weight is 308 g/mol. The van der Waals surface area contributed by atoms with Gasteiger partial charge in [0.25, 0.3) is 5.91 Å². The molecule has 1 aliphatic carbocycles. The predicted molar refractivity (Wildman–Crippen MR) is 81.1 cm³/mol. The number of amides is 1. The molecule has 21 heavy (non-hydrogen) atoms. The minimum absolute atomic E-state index is 0.0266. The van der Waals surface area contributed by atoms with Gasteiger partial charge in [0.15, 0.2) is 12.4 Å². The van der Waals surface area contributed by atoms with Crippen LogP contribution < -0.4 is 10.1 Å². The van der Waals surface area contributed by atoms with E-state index in [1.807, 2.05) is 0 Å². The van der Waals surface area contributed by atoms with E-state index in [0.29, 0.717) is 22.0 Å². The zero-order valence-corrected chi connectivity index (χ0v) is 12.8. The van der Waals surface area contributed by atoms with Crippen molar-refractivity contribution in [2.75, 3.05) is 11.9 Å². The first-order chi connectivity index (χ1) is 10.1. The highest BCUT2D eigenvalue weighted by Crippen LogP contribution is 2.45. The molecule has 0 aromatic heterocycles. The fourth-order valence-electron chi connectivity index (χ4n) is 3.35. The van der Waals surface area contributed by atoms with Gasteiger partial charge in [-0.05, 0) is 31.4 Å². The molecule has 0 radical (unpaired) electrons. The third-order valence-corrected chi connectivity index (χ3v) is 4.98. The van der Waals surface area contributed by atoms with Crippen molar-refractivity contribution in [2.24, 2.45) is 5.41 Å². The Morgan fingerprint density at radius 2 is 2.10 bits per heavy atom. The van der Waals surface area contributed by atoms with Crippen LogP contribution in [-0.4, -0.2) is 18.3 Å². The summed E-state index contributed by atoms with van der Waals surface area (Å²) in [6.07, 6.45) is 4.86. The summed E-state index contributed by atoms with van der Waals surface area (Å²) in [5, 5.41) is 3.08. The third-order valence-electron chi connectivity index (χ3n) is 4.67. The first-order valence-corrected chi connectivity index (χ1v) is 7.74. The van der Waals surface area contributed by atoms with Gasteiger partial charge in [-0.3, -0.25) is 9.59 Å². The Morgan fingerprint density at radius 1 is 1.38 bits per heavy atom. The van der Waals surface area contributed by atoms with E-state index >= 15 is 0 Å². The van der Waals surface area contributed by atoms with Gasteiger partial charge in [-0.2, -0.15) is 0 Å². The molecule has 1 fully saturated rings. The second-order valence-electron chi connectivity index (χ2n) is 5.84. The van der Waals surface area contributed by atoms with Gasteiger partial charge in [-0.15, -0.1) is 0 Å². The number of anilines is 1. The average Bonchev–Trinajstić information content (AvgIpc) is 2.96. The van der Waals surface area contributed by atoms with E-state index in [0.717, 1.165) is 32.1 Å². The van der Waals surface area contributed by atoms with Crippen molar-refractivity contribution in [2.45, 2.75) is 39.0 Å². The number of Topliss-reactive ketones (excluding diaryl/α,β-unsaturated/α-hetero) is 1. The van der Waals surface area contributed by atoms with Crippen LogP contribution in [0.2, 0.25) is 5.02 Å². The number of carbonyl (C=O) groups excluding carboxylic acids is 2.